The van der Waals surface area contributed by atoms with E-state index < -0.39 is 0 Å². The van der Waals surface area contributed by atoms with E-state index in [0.717, 1.165) is 30.6 Å². The van der Waals surface area contributed by atoms with Crippen LogP contribution in [0.3, 0.4) is 0 Å². The summed E-state index contributed by atoms with van der Waals surface area (Å²) in [5, 5.41) is 6.22. The van der Waals surface area contributed by atoms with E-state index in [2.05, 4.69) is 85.0 Å². The van der Waals surface area contributed by atoms with E-state index in [9.17, 15) is 0 Å². The molecule has 0 aliphatic heterocycles. The number of rotatable bonds is 8. The van der Waals surface area contributed by atoms with Gasteiger partial charge >= 0.3 is 0 Å². The minimum absolute atomic E-state index is 0.581. The van der Waals surface area contributed by atoms with Crippen molar-refractivity contribution in [2.45, 2.75) is 32.3 Å². The Balaban J connectivity index is 0.000000463. The molecule has 0 spiro atoms. The van der Waals surface area contributed by atoms with Crippen molar-refractivity contribution in [1.82, 2.24) is 10.6 Å². The highest BCUT2D eigenvalue weighted by Crippen LogP contribution is 2.07. The molecule has 0 bridgehead atoms. The van der Waals surface area contributed by atoms with E-state index in [-0.39, 0.29) is 0 Å². The maximum Gasteiger partial charge on any atom is 0.0474 e. The van der Waals surface area contributed by atoms with Gasteiger partial charge in [0, 0.05) is 19.0 Å². The third kappa shape index (κ3) is 13.8. The first-order valence-electron chi connectivity index (χ1n) is 11.5. The zero-order valence-electron chi connectivity index (χ0n) is 21.3. The maximum atomic E-state index is 5.60. The van der Waals surface area contributed by atoms with Gasteiger partial charge in [-0.3, -0.25) is 0 Å². The van der Waals surface area contributed by atoms with Crippen LogP contribution < -0.4 is 16.4 Å². The zero-order valence-corrected chi connectivity index (χ0v) is 22.0. The van der Waals surface area contributed by atoms with Crippen LogP contribution in [0.5, 0.6) is 0 Å². The highest BCUT2D eigenvalue weighted by Gasteiger charge is 1.91. The Kier molecular flexibility index (Phi) is 19.2. The fourth-order valence-electron chi connectivity index (χ4n) is 2.82. The van der Waals surface area contributed by atoms with Gasteiger partial charge in [0.1, 0.15) is 0 Å². The van der Waals surface area contributed by atoms with Crippen molar-refractivity contribution in [2.24, 2.45) is 5.73 Å². The molecule has 0 aromatic heterocycles. The molecule has 4 N–H and O–H groups in total. The lowest BCUT2D eigenvalue weighted by Gasteiger charge is -2.00. The fourth-order valence-corrected chi connectivity index (χ4v) is 2.99. The molecule has 0 atom stereocenters. The molecule has 0 saturated carbocycles. The molecule has 0 amide bonds. The largest absolute Gasteiger partial charge is 0.333 e. The van der Waals surface area contributed by atoms with Gasteiger partial charge in [0.25, 0.3) is 0 Å². The number of hydrogen-bond acceptors (Lipinski definition) is 3. The van der Waals surface area contributed by atoms with Gasteiger partial charge in [0.2, 0.25) is 0 Å². The fraction of sp³-hybridized carbons (Fsp3) is 0.267. The quantitative estimate of drug-likeness (QED) is 0.316. The van der Waals surface area contributed by atoms with Crippen LogP contribution in [0.1, 0.15) is 40.3 Å². The topological polar surface area (TPSA) is 50.1 Å². The Bertz CT molecular complexity index is 886. The Morgan fingerprint density at radius 2 is 0.971 bits per heavy atom. The van der Waals surface area contributed by atoms with E-state index in [1.807, 2.05) is 50.5 Å². The molecule has 4 heteroatoms. The van der Waals surface area contributed by atoms with E-state index in [0.29, 0.717) is 5.88 Å². The summed E-state index contributed by atoms with van der Waals surface area (Å²) < 4.78 is 0. The Hall–Kier alpha value is -2.69. The van der Waals surface area contributed by atoms with Crippen molar-refractivity contribution in [3.63, 3.8) is 0 Å². The minimum atomic E-state index is 0.581. The van der Waals surface area contributed by atoms with E-state index in [1.165, 1.54) is 29.3 Å². The second-order valence-electron chi connectivity index (χ2n) is 7.26. The molecular weight excluding hydrogens is 438 g/mol. The third-order valence-corrected chi connectivity index (χ3v) is 5.09. The molecule has 3 aromatic carbocycles. The number of alkyl halides is 1. The van der Waals surface area contributed by atoms with Crippen LogP contribution >= 0.6 is 11.6 Å². The molecule has 0 heterocycles. The molecule has 0 fully saturated rings. The first kappa shape index (κ1) is 31.3. The summed E-state index contributed by atoms with van der Waals surface area (Å²) in [5.41, 5.74) is 12.0. The van der Waals surface area contributed by atoms with E-state index >= 15 is 0 Å². The van der Waals surface area contributed by atoms with Gasteiger partial charge in [-0.05, 0) is 60.9 Å². The number of nitrogens with two attached hydrogens (primary N) is 1. The van der Waals surface area contributed by atoms with Gasteiger partial charge in [0.05, 0.1) is 0 Å². The van der Waals surface area contributed by atoms with Crippen LogP contribution in [-0.4, -0.2) is 21.1 Å². The first-order chi connectivity index (χ1) is 16.6. The Morgan fingerprint density at radius 3 is 1.26 bits per heavy atom. The molecular formula is C30H42ClN3. The summed E-state index contributed by atoms with van der Waals surface area (Å²) in [4.78, 5) is 0. The lowest BCUT2D eigenvalue weighted by atomic mass is 10.1. The average molecular weight is 480 g/mol. The Labute approximate surface area is 212 Å². The summed E-state index contributed by atoms with van der Waals surface area (Å²) in [5.74, 6) is 0.581. The molecule has 0 aliphatic carbocycles. The lowest BCUT2D eigenvalue weighted by Crippen LogP contribution is -2.04. The van der Waals surface area contributed by atoms with Crippen LogP contribution in [0.25, 0.3) is 12.2 Å². The maximum absolute atomic E-state index is 5.60. The van der Waals surface area contributed by atoms with Crippen molar-refractivity contribution in [2.75, 3.05) is 21.1 Å². The Morgan fingerprint density at radius 1 is 0.647 bits per heavy atom. The number of halogens is 1. The van der Waals surface area contributed by atoms with Crippen molar-refractivity contribution in [1.29, 1.82) is 0 Å². The molecule has 3 nitrogen and oxygen atoms in total. The monoisotopic (exact) mass is 479 g/mol. The SMILES string of the molecule is C=Cc1ccc(CCl)cc1.C=Cc1ccc(CNC)cc1.CCc1ccc(CNC)cc1.CN. The van der Waals surface area contributed by atoms with Crippen LogP contribution in [0.4, 0.5) is 0 Å². The predicted octanol–water partition coefficient (Wildman–Crippen LogP) is 6.66. The highest BCUT2D eigenvalue weighted by atomic mass is 35.5. The van der Waals surface area contributed by atoms with Crippen LogP contribution in [0.15, 0.2) is 86.0 Å². The smallest absolute Gasteiger partial charge is 0.0474 e. The molecule has 3 aromatic rings. The standard InChI is InChI=1S/C10H15N.C10H13N.C9H9Cl.CH5N/c2*1-3-9-4-6-10(7-5-9)8-11-2;1-2-8-3-5-9(7-10)6-4-8;1-2/h4-7,11H,3,8H2,1-2H3;3-7,11H,1,8H2,2H3;2-6H,1,7H2;2H2,1H3. The number of nitrogens with one attached hydrogen (secondary N) is 2. The summed E-state index contributed by atoms with van der Waals surface area (Å²) in [6.07, 6.45) is 4.79. The van der Waals surface area contributed by atoms with Crippen LogP contribution in [-0.2, 0) is 25.4 Å². The minimum Gasteiger partial charge on any atom is -0.333 e. The highest BCUT2D eigenvalue weighted by molar-refractivity contribution is 6.17. The molecule has 184 valence electrons. The predicted molar refractivity (Wildman–Crippen MR) is 154 cm³/mol. The molecule has 0 radical (unpaired) electrons. The number of benzene rings is 3. The zero-order chi connectivity index (χ0) is 25.6. The van der Waals surface area contributed by atoms with Crippen molar-refractivity contribution < 1.29 is 0 Å². The second-order valence-corrected chi connectivity index (χ2v) is 7.52. The summed E-state index contributed by atoms with van der Waals surface area (Å²) in [6, 6.07) is 25.1. The normalized spacial score (nSPS) is 9.24. The van der Waals surface area contributed by atoms with Crippen LogP contribution in [0.2, 0.25) is 0 Å². The van der Waals surface area contributed by atoms with Gasteiger partial charge in [-0.1, -0.05) is 105 Å². The first-order valence-corrected chi connectivity index (χ1v) is 12.1. The summed E-state index contributed by atoms with van der Waals surface area (Å²) in [6.45, 7) is 11.4. The molecule has 0 saturated heterocycles. The number of hydrogen-bond donors (Lipinski definition) is 3. The second kappa shape index (κ2) is 20.9. The van der Waals surface area contributed by atoms with Gasteiger partial charge in [-0.15, -0.1) is 11.6 Å². The third-order valence-electron chi connectivity index (χ3n) is 4.78. The molecule has 34 heavy (non-hydrogen) atoms. The van der Waals surface area contributed by atoms with Crippen molar-refractivity contribution >= 4 is 23.8 Å². The van der Waals surface area contributed by atoms with Gasteiger partial charge in [0.15, 0.2) is 0 Å². The van der Waals surface area contributed by atoms with E-state index in [4.69, 9.17) is 11.6 Å². The lowest BCUT2D eigenvalue weighted by molar-refractivity contribution is 0.817. The van der Waals surface area contributed by atoms with E-state index in [1.54, 1.807) is 0 Å². The van der Waals surface area contributed by atoms with Gasteiger partial charge < -0.3 is 16.4 Å². The summed E-state index contributed by atoms with van der Waals surface area (Å²) >= 11 is 5.60. The average Bonchev–Trinajstić information content (AvgIpc) is 2.92. The van der Waals surface area contributed by atoms with Crippen LogP contribution in [0, 0.1) is 0 Å². The van der Waals surface area contributed by atoms with Gasteiger partial charge in [-0.2, -0.15) is 0 Å². The number of aryl methyl sites for hydroxylation is 1. The van der Waals surface area contributed by atoms with Gasteiger partial charge in [-0.25, -0.2) is 0 Å². The van der Waals surface area contributed by atoms with Crippen molar-refractivity contribution in [3.8, 4) is 0 Å². The molecule has 0 aliphatic rings. The molecule has 0 unspecified atom stereocenters. The van der Waals surface area contributed by atoms with Crippen molar-refractivity contribution in [3.05, 3.63) is 119 Å². The summed E-state index contributed by atoms with van der Waals surface area (Å²) in [7, 11) is 5.41. The molecule has 3 rings (SSSR count).